The third-order valence-corrected chi connectivity index (χ3v) is 11.3. The molecule has 4 N–H and O–H groups in total. The predicted molar refractivity (Wildman–Crippen MR) is 249 cm³/mol. The van der Waals surface area contributed by atoms with Crippen molar-refractivity contribution < 1.29 is 0 Å². The number of nitrogen functional groups attached to an aromatic ring is 2. The molecule has 2 aromatic heterocycles. The van der Waals surface area contributed by atoms with Crippen LogP contribution in [0.2, 0.25) is 0 Å². The summed E-state index contributed by atoms with van der Waals surface area (Å²) in [6.07, 6.45) is 0. The first-order chi connectivity index (χ1) is 29.6. The monoisotopic (exact) mass is 768 g/mol. The topological polar surface area (TPSA) is 104 Å². The molecule has 0 fully saturated rings. The van der Waals surface area contributed by atoms with Crippen LogP contribution < -0.4 is 11.5 Å². The lowest BCUT2D eigenvalue weighted by atomic mass is 9.85. The second-order valence-corrected chi connectivity index (χ2v) is 15.1. The maximum atomic E-state index is 6.04. The lowest BCUT2D eigenvalue weighted by molar-refractivity contribution is 1.23. The van der Waals surface area contributed by atoms with Crippen LogP contribution >= 0.6 is 0 Å². The van der Waals surface area contributed by atoms with E-state index in [9.17, 15) is 0 Å². The molecule has 0 aliphatic heterocycles. The summed E-state index contributed by atoms with van der Waals surface area (Å²) in [5.74, 6) is 1.32. The number of anilines is 2. The fraction of sp³-hybridized carbons (Fsp3) is 0. The summed E-state index contributed by atoms with van der Waals surface area (Å²) >= 11 is 0. The number of benzene rings is 9. The maximum Gasteiger partial charge on any atom is 0.160 e. The molecule has 2 heterocycles. The Morgan fingerprint density at radius 3 is 0.967 bits per heavy atom. The Kier molecular flexibility index (Phi) is 8.34. The molecule has 0 radical (unpaired) electrons. The largest absolute Gasteiger partial charge is 0.399 e. The van der Waals surface area contributed by atoms with Crippen LogP contribution in [0.25, 0.3) is 111 Å². The van der Waals surface area contributed by atoms with Crippen LogP contribution in [0.1, 0.15) is 0 Å². The van der Waals surface area contributed by atoms with Gasteiger partial charge in [-0.1, -0.05) is 121 Å². The van der Waals surface area contributed by atoms with Crippen molar-refractivity contribution in [1.82, 2.24) is 19.9 Å². The predicted octanol–water partition coefficient (Wildman–Crippen LogP) is 13.0. The molecule has 0 spiro atoms. The summed E-state index contributed by atoms with van der Waals surface area (Å²) in [6.45, 7) is 0. The van der Waals surface area contributed by atoms with E-state index in [0.717, 1.165) is 99.2 Å². The van der Waals surface area contributed by atoms with E-state index in [2.05, 4.69) is 133 Å². The van der Waals surface area contributed by atoms with Gasteiger partial charge in [-0.05, 0) is 117 Å². The zero-order valence-corrected chi connectivity index (χ0v) is 32.4. The second kappa shape index (κ2) is 14.3. The second-order valence-electron chi connectivity index (χ2n) is 15.1. The number of nitrogens with two attached hydrogens (primary N) is 2. The van der Waals surface area contributed by atoms with Gasteiger partial charge in [0, 0.05) is 44.4 Å². The molecule has 6 nitrogen and oxygen atoms in total. The van der Waals surface area contributed by atoms with E-state index in [-0.39, 0.29) is 0 Å². The van der Waals surface area contributed by atoms with Gasteiger partial charge >= 0.3 is 0 Å². The first kappa shape index (κ1) is 35.0. The standard InChI is InChI=1S/C54H36N6/c55-39-25-19-35(20-26-39)53-57-47-29-23-37(31-45(47)51(59-53)33-11-3-1-4-12-33)49-41-15-7-9-17-43(41)50(44-18-10-8-16-42(44)49)38-24-30-48-46(32-38)52(34-13-5-2-6-14-34)60-54(58-48)36-21-27-40(56)28-22-36/h1-32H,55-56H2. The molecule has 0 saturated carbocycles. The van der Waals surface area contributed by atoms with Gasteiger partial charge in [-0.2, -0.15) is 0 Å². The summed E-state index contributed by atoms with van der Waals surface area (Å²) in [7, 11) is 0. The van der Waals surface area contributed by atoms with Gasteiger partial charge in [0.25, 0.3) is 0 Å². The van der Waals surface area contributed by atoms with Gasteiger partial charge in [0.05, 0.1) is 22.4 Å². The number of nitrogens with zero attached hydrogens (tertiary/aromatic N) is 4. The van der Waals surface area contributed by atoms with E-state index >= 15 is 0 Å². The number of hydrogen-bond acceptors (Lipinski definition) is 6. The highest BCUT2D eigenvalue weighted by molar-refractivity contribution is 6.22. The summed E-state index contributed by atoms with van der Waals surface area (Å²) < 4.78 is 0. The average Bonchev–Trinajstić information content (AvgIpc) is 3.31. The van der Waals surface area contributed by atoms with Crippen LogP contribution in [0.4, 0.5) is 11.4 Å². The quantitative estimate of drug-likeness (QED) is 0.129. The van der Waals surface area contributed by atoms with E-state index in [1.54, 1.807) is 0 Å². The highest BCUT2D eigenvalue weighted by Gasteiger charge is 2.20. The summed E-state index contributed by atoms with van der Waals surface area (Å²) in [6, 6.07) is 66.8. The Morgan fingerprint density at radius 1 is 0.267 bits per heavy atom. The van der Waals surface area contributed by atoms with Gasteiger partial charge in [0.2, 0.25) is 0 Å². The summed E-state index contributed by atoms with van der Waals surface area (Å²) in [5.41, 5.74) is 25.4. The molecule has 0 saturated heterocycles. The first-order valence-electron chi connectivity index (χ1n) is 20.0. The van der Waals surface area contributed by atoms with Gasteiger partial charge in [-0.15, -0.1) is 0 Å². The molecule has 11 aromatic rings. The molecule has 6 heteroatoms. The van der Waals surface area contributed by atoms with Crippen molar-refractivity contribution in [2.45, 2.75) is 0 Å². The van der Waals surface area contributed by atoms with Gasteiger partial charge in [-0.3, -0.25) is 0 Å². The van der Waals surface area contributed by atoms with Crippen LogP contribution in [0, 0.1) is 0 Å². The molecule has 0 aliphatic rings. The maximum absolute atomic E-state index is 6.04. The van der Waals surface area contributed by atoms with Crippen molar-refractivity contribution in [1.29, 1.82) is 0 Å². The van der Waals surface area contributed by atoms with Crippen molar-refractivity contribution in [3.05, 3.63) is 194 Å². The third kappa shape index (κ3) is 6.06. The Balaban J connectivity index is 1.13. The molecule has 60 heavy (non-hydrogen) atoms. The van der Waals surface area contributed by atoms with E-state index in [0.29, 0.717) is 23.0 Å². The van der Waals surface area contributed by atoms with Gasteiger partial charge < -0.3 is 11.5 Å². The minimum Gasteiger partial charge on any atom is -0.399 e. The van der Waals surface area contributed by atoms with E-state index in [1.165, 1.54) is 0 Å². The third-order valence-electron chi connectivity index (χ3n) is 11.3. The highest BCUT2D eigenvalue weighted by Crippen LogP contribution is 2.45. The fourth-order valence-corrected chi connectivity index (χ4v) is 8.47. The Bertz CT molecular complexity index is 3130. The fourth-order valence-electron chi connectivity index (χ4n) is 8.47. The van der Waals surface area contributed by atoms with Crippen molar-refractivity contribution in [2.24, 2.45) is 0 Å². The Labute approximate surface area is 346 Å². The lowest BCUT2D eigenvalue weighted by Gasteiger charge is -2.19. The van der Waals surface area contributed by atoms with Crippen molar-refractivity contribution >= 4 is 54.7 Å². The van der Waals surface area contributed by atoms with Crippen molar-refractivity contribution in [2.75, 3.05) is 11.5 Å². The normalized spacial score (nSPS) is 11.5. The van der Waals surface area contributed by atoms with Crippen LogP contribution in [0.15, 0.2) is 194 Å². The first-order valence-corrected chi connectivity index (χ1v) is 20.0. The average molecular weight is 769 g/mol. The minimum atomic E-state index is 0.659. The van der Waals surface area contributed by atoms with E-state index in [4.69, 9.17) is 31.4 Å². The molecule has 0 amide bonds. The Hall–Kier alpha value is -8.22. The van der Waals surface area contributed by atoms with E-state index in [1.807, 2.05) is 60.7 Å². The molecular weight excluding hydrogens is 733 g/mol. The van der Waals surface area contributed by atoms with Crippen molar-refractivity contribution in [3.63, 3.8) is 0 Å². The molecular formula is C54H36N6. The molecule has 11 rings (SSSR count). The van der Waals surface area contributed by atoms with E-state index < -0.39 is 0 Å². The van der Waals surface area contributed by atoms with Gasteiger partial charge in [0.1, 0.15) is 0 Å². The molecule has 0 unspecified atom stereocenters. The number of rotatable bonds is 6. The van der Waals surface area contributed by atoms with Gasteiger partial charge in [0.15, 0.2) is 11.6 Å². The molecule has 0 atom stereocenters. The SMILES string of the molecule is Nc1ccc(-c2nc(-c3ccccc3)c3cc(-c4c5ccccc5c(-c5ccc6nc(-c7ccc(N)cc7)nc(-c7ccccc7)c6c5)c5ccccc45)ccc3n2)cc1. The molecule has 282 valence electrons. The number of aromatic nitrogens is 4. The minimum absolute atomic E-state index is 0.659. The summed E-state index contributed by atoms with van der Waals surface area (Å²) in [5, 5.41) is 6.59. The van der Waals surface area contributed by atoms with Crippen LogP contribution in [0.3, 0.4) is 0 Å². The highest BCUT2D eigenvalue weighted by atomic mass is 14.9. The van der Waals surface area contributed by atoms with Crippen LogP contribution in [0.5, 0.6) is 0 Å². The molecule has 0 bridgehead atoms. The van der Waals surface area contributed by atoms with Crippen LogP contribution in [-0.2, 0) is 0 Å². The smallest absolute Gasteiger partial charge is 0.160 e. The van der Waals surface area contributed by atoms with Crippen molar-refractivity contribution in [3.8, 4) is 67.5 Å². The zero-order valence-electron chi connectivity index (χ0n) is 32.4. The lowest BCUT2D eigenvalue weighted by Crippen LogP contribution is -1.97. The number of fused-ring (bicyclic) bond motifs is 4. The molecule has 9 aromatic carbocycles. The van der Waals surface area contributed by atoms with Crippen LogP contribution in [-0.4, -0.2) is 19.9 Å². The zero-order chi connectivity index (χ0) is 40.2. The number of hydrogen-bond donors (Lipinski definition) is 2. The summed E-state index contributed by atoms with van der Waals surface area (Å²) in [4.78, 5) is 20.6. The molecule has 0 aliphatic carbocycles. The van der Waals surface area contributed by atoms with Gasteiger partial charge in [-0.25, -0.2) is 19.9 Å². The Morgan fingerprint density at radius 2 is 0.600 bits per heavy atom.